The second kappa shape index (κ2) is 5.54. The molecule has 0 spiro atoms. The fraction of sp³-hybridized carbons (Fsp3) is 0.500. The van der Waals surface area contributed by atoms with Gasteiger partial charge in [0.15, 0.2) is 0 Å². The van der Waals surface area contributed by atoms with Gasteiger partial charge in [-0.05, 0) is 31.2 Å². The van der Waals surface area contributed by atoms with Gasteiger partial charge in [0.25, 0.3) is 5.69 Å². The van der Waals surface area contributed by atoms with Gasteiger partial charge in [0.1, 0.15) is 5.75 Å². The number of non-ortho nitro benzene ring substituents is 1. The Labute approximate surface area is 126 Å². The zero-order valence-electron chi connectivity index (χ0n) is 11.7. The largest absolute Gasteiger partial charge is 0.507 e. The van der Waals surface area contributed by atoms with Gasteiger partial charge in [0.05, 0.1) is 22.9 Å². The second-order valence-electron chi connectivity index (χ2n) is 5.89. The van der Waals surface area contributed by atoms with Gasteiger partial charge in [-0.15, -0.1) is 0 Å². The van der Waals surface area contributed by atoms with Crippen molar-refractivity contribution >= 4 is 11.7 Å². The van der Waals surface area contributed by atoms with Crippen LogP contribution in [-0.2, 0) is 4.79 Å². The maximum atomic E-state index is 11.1. The van der Waals surface area contributed by atoms with E-state index in [0.717, 1.165) is 12.5 Å². The number of hydrogen-bond acceptors (Lipinski definition) is 6. The van der Waals surface area contributed by atoms with Crippen LogP contribution in [0.3, 0.4) is 0 Å². The van der Waals surface area contributed by atoms with E-state index in [9.17, 15) is 20.0 Å². The van der Waals surface area contributed by atoms with Crippen LogP contribution in [0, 0.1) is 22.0 Å². The molecule has 1 saturated heterocycles. The van der Waals surface area contributed by atoms with Gasteiger partial charge in [-0.3, -0.25) is 20.3 Å². The number of carbonyl (C=O) groups is 1. The molecular weight excluding hydrogens is 290 g/mol. The number of benzene rings is 1. The summed E-state index contributed by atoms with van der Waals surface area (Å²) in [4.78, 5) is 21.3. The predicted octanol–water partition coefficient (Wildman–Crippen LogP) is 1.32. The number of phenolic OH excluding ortho intramolecular Hbond substituents is 1. The molecule has 0 amide bonds. The third kappa shape index (κ3) is 2.51. The summed E-state index contributed by atoms with van der Waals surface area (Å²) in [6, 6.07) is 3.91. The number of aromatic hydroxyl groups is 1. The average Bonchev–Trinajstić information content (AvgIpc) is 2.89. The average molecular weight is 307 g/mol. The molecule has 0 aromatic heterocycles. The van der Waals surface area contributed by atoms with Crippen molar-refractivity contribution in [1.82, 2.24) is 10.9 Å². The molecule has 8 nitrogen and oxygen atoms in total. The van der Waals surface area contributed by atoms with E-state index in [2.05, 4.69) is 10.9 Å². The third-order valence-electron chi connectivity index (χ3n) is 4.67. The number of nitro benzene ring substituents is 1. The summed E-state index contributed by atoms with van der Waals surface area (Å²) in [5.74, 6) is -1.08. The van der Waals surface area contributed by atoms with Gasteiger partial charge in [-0.25, -0.2) is 5.43 Å². The molecule has 4 unspecified atom stereocenters. The van der Waals surface area contributed by atoms with Crippen LogP contribution in [0.5, 0.6) is 5.75 Å². The van der Waals surface area contributed by atoms with Crippen LogP contribution in [-0.4, -0.2) is 27.1 Å². The number of carboxylic acid groups (broad SMARTS) is 1. The number of hydrazine groups is 1. The number of phenols is 1. The van der Waals surface area contributed by atoms with Crippen molar-refractivity contribution in [3.05, 3.63) is 33.9 Å². The Morgan fingerprint density at radius 2 is 2.09 bits per heavy atom. The van der Waals surface area contributed by atoms with E-state index in [1.165, 1.54) is 6.07 Å². The Kier molecular flexibility index (Phi) is 3.71. The number of nitrogens with one attached hydrogen (secondary N) is 2. The lowest BCUT2D eigenvalue weighted by Gasteiger charge is -2.31. The molecular formula is C14H17N3O5. The number of nitro groups is 1. The van der Waals surface area contributed by atoms with E-state index in [1.807, 2.05) is 0 Å². The maximum Gasteiger partial charge on any atom is 0.306 e. The van der Waals surface area contributed by atoms with E-state index >= 15 is 0 Å². The fourth-order valence-corrected chi connectivity index (χ4v) is 3.50. The maximum absolute atomic E-state index is 11.1. The highest BCUT2D eigenvalue weighted by molar-refractivity contribution is 5.70. The van der Waals surface area contributed by atoms with Gasteiger partial charge >= 0.3 is 5.97 Å². The molecule has 118 valence electrons. The first-order valence-corrected chi connectivity index (χ1v) is 7.18. The minimum atomic E-state index is -0.776. The SMILES string of the molecule is O=C(O)C1CCC2C(C1)NNC2c1ccc([N+](=O)[O-])cc1O. The van der Waals surface area contributed by atoms with Gasteiger partial charge in [0, 0.05) is 17.7 Å². The van der Waals surface area contributed by atoms with Crippen LogP contribution in [0.4, 0.5) is 5.69 Å². The van der Waals surface area contributed by atoms with Gasteiger partial charge in [-0.2, -0.15) is 0 Å². The Balaban J connectivity index is 1.80. The first-order chi connectivity index (χ1) is 10.5. The van der Waals surface area contributed by atoms with Gasteiger partial charge < -0.3 is 10.2 Å². The number of aliphatic carboxylic acids is 1. The van der Waals surface area contributed by atoms with E-state index in [4.69, 9.17) is 5.11 Å². The minimum Gasteiger partial charge on any atom is -0.507 e. The predicted molar refractivity (Wildman–Crippen MR) is 76.0 cm³/mol. The smallest absolute Gasteiger partial charge is 0.306 e. The van der Waals surface area contributed by atoms with Gasteiger partial charge in [-0.1, -0.05) is 0 Å². The molecule has 4 N–H and O–H groups in total. The van der Waals surface area contributed by atoms with Crippen LogP contribution in [0.15, 0.2) is 18.2 Å². The Bertz CT molecular complexity index is 620. The topological polar surface area (TPSA) is 125 Å². The van der Waals surface area contributed by atoms with Crippen molar-refractivity contribution in [2.75, 3.05) is 0 Å². The molecule has 0 bridgehead atoms. The first-order valence-electron chi connectivity index (χ1n) is 7.18. The van der Waals surface area contributed by atoms with Crippen molar-refractivity contribution in [3.63, 3.8) is 0 Å². The zero-order chi connectivity index (χ0) is 15.9. The second-order valence-corrected chi connectivity index (χ2v) is 5.89. The Morgan fingerprint density at radius 3 is 2.73 bits per heavy atom. The summed E-state index contributed by atoms with van der Waals surface area (Å²) >= 11 is 0. The minimum absolute atomic E-state index is 0.0226. The fourth-order valence-electron chi connectivity index (χ4n) is 3.50. The molecule has 8 heteroatoms. The highest BCUT2D eigenvalue weighted by Gasteiger charge is 2.43. The molecule has 3 rings (SSSR count). The Hall–Kier alpha value is -2.19. The molecule has 1 saturated carbocycles. The summed E-state index contributed by atoms with van der Waals surface area (Å²) in [5, 5.41) is 29.9. The number of nitrogens with zero attached hydrogens (tertiary/aromatic N) is 1. The lowest BCUT2D eigenvalue weighted by atomic mass is 9.75. The lowest BCUT2D eigenvalue weighted by Crippen LogP contribution is -2.38. The molecule has 2 fully saturated rings. The molecule has 1 aromatic carbocycles. The van der Waals surface area contributed by atoms with E-state index in [-0.39, 0.29) is 35.4 Å². The van der Waals surface area contributed by atoms with Crippen LogP contribution in [0.1, 0.15) is 30.9 Å². The zero-order valence-corrected chi connectivity index (χ0v) is 11.7. The van der Waals surface area contributed by atoms with Crippen molar-refractivity contribution in [1.29, 1.82) is 0 Å². The van der Waals surface area contributed by atoms with Crippen molar-refractivity contribution in [2.24, 2.45) is 11.8 Å². The highest BCUT2D eigenvalue weighted by Crippen LogP contribution is 2.42. The standard InChI is InChI=1S/C14H17N3O5/c18-12-6-8(17(21)22)2-4-10(12)13-9-3-1-7(14(19)20)5-11(9)15-16-13/h2,4,6-7,9,11,13,15-16,18H,1,3,5H2,(H,19,20). The molecule has 1 heterocycles. The van der Waals surface area contributed by atoms with Crippen molar-refractivity contribution in [2.45, 2.75) is 31.3 Å². The van der Waals surface area contributed by atoms with E-state index in [1.54, 1.807) is 6.07 Å². The van der Waals surface area contributed by atoms with Crippen LogP contribution < -0.4 is 10.9 Å². The van der Waals surface area contributed by atoms with E-state index in [0.29, 0.717) is 18.4 Å². The lowest BCUT2D eigenvalue weighted by molar-refractivity contribution is -0.385. The van der Waals surface area contributed by atoms with Crippen molar-refractivity contribution in [3.8, 4) is 5.75 Å². The summed E-state index contributed by atoms with van der Waals surface area (Å²) in [7, 11) is 0. The molecule has 4 atom stereocenters. The quantitative estimate of drug-likeness (QED) is 0.490. The molecule has 1 aliphatic carbocycles. The number of hydrogen-bond donors (Lipinski definition) is 4. The monoisotopic (exact) mass is 307 g/mol. The molecule has 1 aliphatic heterocycles. The van der Waals surface area contributed by atoms with Crippen LogP contribution in [0.25, 0.3) is 0 Å². The third-order valence-corrected chi connectivity index (χ3v) is 4.67. The molecule has 22 heavy (non-hydrogen) atoms. The highest BCUT2D eigenvalue weighted by atomic mass is 16.6. The van der Waals surface area contributed by atoms with Crippen LogP contribution in [0.2, 0.25) is 0 Å². The normalized spacial score (nSPS) is 30.7. The summed E-state index contributed by atoms with van der Waals surface area (Å²) in [5.41, 5.74) is 6.63. The molecule has 2 aliphatic rings. The van der Waals surface area contributed by atoms with Crippen LogP contribution >= 0.6 is 0 Å². The van der Waals surface area contributed by atoms with Gasteiger partial charge in [0.2, 0.25) is 0 Å². The first kappa shape index (κ1) is 14.7. The van der Waals surface area contributed by atoms with Crippen molar-refractivity contribution < 1.29 is 19.9 Å². The summed E-state index contributed by atoms with van der Waals surface area (Å²) in [6.45, 7) is 0. The Morgan fingerprint density at radius 1 is 1.32 bits per heavy atom. The van der Waals surface area contributed by atoms with E-state index < -0.39 is 10.9 Å². The number of rotatable bonds is 3. The molecule has 0 radical (unpaired) electrons. The summed E-state index contributed by atoms with van der Waals surface area (Å²) < 4.78 is 0. The number of fused-ring (bicyclic) bond motifs is 1. The number of carboxylic acids is 1. The molecule has 1 aromatic rings. The summed E-state index contributed by atoms with van der Waals surface area (Å²) in [6.07, 6.45) is 1.87.